The lowest BCUT2D eigenvalue weighted by atomic mass is 10.1. The molecule has 5 heteroatoms. The monoisotopic (exact) mass is 441 g/mol. The van der Waals surface area contributed by atoms with Gasteiger partial charge >= 0.3 is 0 Å². The molecule has 5 nitrogen and oxygen atoms in total. The molecule has 0 spiro atoms. The van der Waals surface area contributed by atoms with E-state index in [2.05, 4.69) is 15.6 Å². The summed E-state index contributed by atoms with van der Waals surface area (Å²) >= 11 is 0. The molecule has 0 saturated heterocycles. The molecule has 0 saturated carbocycles. The van der Waals surface area contributed by atoms with E-state index in [0.717, 1.165) is 28.9 Å². The van der Waals surface area contributed by atoms with Crippen molar-refractivity contribution in [2.75, 3.05) is 17.7 Å². The van der Waals surface area contributed by atoms with E-state index in [1.807, 2.05) is 93.6 Å². The van der Waals surface area contributed by atoms with Crippen molar-refractivity contribution >= 4 is 29.1 Å². The maximum atomic E-state index is 13.3. The minimum atomic E-state index is 0.00770. The molecule has 170 valence electrons. The average Bonchev–Trinajstić information content (AvgIpc) is 2.82. The normalized spacial score (nSPS) is 10.7. The quantitative estimate of drug-likeness (QED) is 0.268. The van der Waals surface area contributed by atoms with Crippen LogP contribution < -0.4 is 15.4 Å². The number of nitrogens with one attached hydrogen (secondary N) is 2. The first-order chi connectivity index (χ1) is 16.0. The fraction of sp³-hybridized carbons (Fsp3) is 0.214. The minimum Gasteiger partial charge on any atom is -0.494 e. The maximum Gasteiger partial charge on any atom is 0.168 e. The Balaban J connectivity index is 2.13. The number of rotatable bonds is 10. The summed E-state index contributed by atoms with van der Waals surface area (Å²) in [6.45, 7) is 6.06. The van der Waals surface area contributed by atoms with Gasteiger partial charge in [-0.25, -0.2) is 0 Å². The number of hydrogen-bond donors (Lipinski definition) is 2. The first-order valence-electron chi connectivity index (χ1n) is 11.1. The smallest absolute Gasteiger partial charge is 0.168 e. The van der Waals surface area contributed by atoms with Gasteiger partial charge in [0, 0.05) is 24.0 Å². The predicted octanol–water partition coefficient (Wildman–Crippen LogP) is 6.82. The summed E-state index contributed by atoms with van der Waals surface area (Å²) in [6, 6.07) is 23.5. The molecule has 33 heavy (non-hydrogen) atoms. The molecular weight excluding hydrogens is 410 g/mol. The maximum absolute atomic E-state index is 13.3. The second-order valence-corrected chi connectivity index (χ2v) is 7.77. The van der Waals surface area contributed by atoms with Crippen LogP contribution in [0.15, 0.2) is 89.2 Å². The van der Waals surface area contributed by atoms with Crippen molar-refractivity contribution < 1.29 is 9.53 Å². The molecule has 3 aromatic rings. The number of aryl methyl sites for hydroxylation is 2. The highest BCUT2D eigenvalue weighted by Crippen LogP contribution is 2.27. The van der Waals surface area contributed by atoms with E-state index in [9.17, 15) is 4.79 Å². The number of allylic oxidation sites excluding steroid dienone is 1. The number of anilines is 2. The number of ether oxygens (including phenoxy) is 1. The zero-order valence-electron chi connectivity index (χ0n) is 19.7. The molecule has 0 heterocycles. The van der Waals surface area contributed by atoms with E-state index in [-0.39, 0.29) is 5.78 Å². The van der Waals surface area contributed by atoms with Crippen molar-refractivity contribution in [3.05, 3.63) is 95.3 Å². The predicted molar refractivity (Wildman–Crippen MR) is 138 cm³/mol. The zero-order chi connectivity index (χ0) is 23.6. The van der Waals surface area contributed by atoms with Crippen LogP contribution in [-0.4, -0.2) is 19.1 Å². The van der Waals surface area contributed by atoms with Crippen molar-refractivity contribution in [2.24, 2.45) is 4.99 Å². The van der Waals surface area contributed by atoms with Gasteiger partial charge in [-0.05, 0) is 55.7 Å². The number of aliphatic imine (C=N–C) groups is 1. The first kappa shape index (κ1) is 23.8. The Kier molecular flexibility index (Phi) is 8.42. The van der Waals surface area contributed by atoms with Crippen LogP contribution in [0.3, 0.4) is 0 Å². The molecule has 0 aliphatic rings. The molecule has 0 unspecified atom stereocenters. The topological polar surface area (TPSA) is 62.7 Å². The lowest BCUT2D eigenvalue weighted by Crippen LogP contribution is -2.19. The van der Waals surface area contributed by atoms with Crippen molar-refractivity contribution in [2.45, 2.75) is 33.6 Å². The van der Waals surface area contributed by atoms with E-state index in [1.165, 1.54) is 0 Å². The number of benzene rings is 3. The molecule has 3 aromatic carbocycles. The molecule has 0 aliphatic carbocycles. The summed E-state index contributed by atoms with van der Waals surface area (Å²) in [7, 11) is 1.61. The van der Waals surface area contributed by atoms with Gasteiger partial charge in [-0.15, -0.1) is 0 Å². The van der Waals surface area contributed by atoms with Crippen LogP contribution in [0.2, 0.25) is 0 Å². The fourth-order valence-electron chi connectivity index (χ4n) is 3.37. The lowest BCUT2D eigenvalue weighted by Gasteiger charge is -2.19. The number of carbonyl (C=O) groups excluding carboxylic acids is 1. The minimum absolute atomic E-state index is 0.00770. The standard InChI is InChI=1S/C28H31N3O2/c1-5-12-26(32)22(19-29-25-17-10-11-18-27(25)33-4)28(30-23-15-8-6-13-20(23)2)31-24-16-9-7-14-21(24)3/h6-11,13-19,30-31H,5,12H2,1-4H3. The highest BCUT2D eigenvalue weighted by atomic mass is 16.5. The Morgan fingerprint density at radius 1 is 0.879 bits per heavy atom. The van der Waals surface area contributed by atoms with Crippen LogP contribution in [0.5, 0.6) is 5.75 Å². The SMILES string of the molecule is CCCC(=O)C(C=Nc1ccccc1OC)=C(Nc1ccccc1C)Nc1ccccc1C. The Morgan fingerprint density at radius 3 is 1.97 bits per heavy atom. The van der Waals surface area contributed by atoms with Crippen LogP contribution >= 0.6 is 0 Å². The lowest BCUT2D eigenvalue weighted by molar-refractivity contribution is -0.115. The van der Waals surface area contributed by atoms with Gasteiger partial charge in [-0.1, -0.05) is 55.5 Å². The van der Waals surface area contributed by atoms with Crippen LogP contribution in [0.1, 0.15) is 30.9 Å². The largest absolute Gasteiger partial charge is 0.494 e. The van der Waals surface area contributed by atoms with Gasteiger partial charge in [0.05, 0.1) is 12.7 Å². The van der Waals surface area contributed by atoms with Crippen molar-refractivity contribution in [3.63, 3.8) is 0 Å². The number of para-hydroxylation sites is 4. The summed E-state index contributed by atoms with van der Waals surface area (Å²) in [5, 5.41) is 6.90. The number of methoxy groups -OCH3 is 1. The fourth-order valence-corrected chi connectivity index (χ4v) is 3.37. The summed E-state index contributed by atoms with van der Waals surface area (Å²) in [5.74, 6) is 1.25. The van der Waals surface area contributed by atoms with Gasteiger partial charge in [0.15, 0.2) is 5.78 Å². The number of carbonyl (C=O) groups is 1. The van der Waals surface area contributed by atoms with Crippen LogP contribution in [-0.2, 0) is 4.79 Å². The first-order valence-corrected chi connectivity index (χ1v) is 11.1. The number of Topliss-reactive ketones (excluding diaryl/α,β-unsaturated/α-hetero) is 1. The van der Waals surface area contributed by atoms with Gasteiger partial charge < -0.3 is 15.4 Å². The van der Waals surface area contributed by atoms with E-state index in [0.29, 0.717) is 29.3 Å². The van der Waals surface area contributed by atoms with Crippen molar-refractivity contribution in [1.82, 2.24) is 0 Å². The Morgan fingerprint density at radius 2 is 1.42 bits per heavy atom. The van der Waals surface area contributed by atoms with E-state index in [1.54, 1.807) is 13.3 Å². The van der Waals surface area contributed by atoms with Crippen LogP contribution in [0, 0.1) is 13.8 Å². The third-order valence-electron chi connectivity index (χ3n) is 5.27. The van der Waals surface area contributed by atoms with Gasteiger partial charge in [-0.3, -0.25) is 9.79 Å². The molecule has 3 rings (SSSR count). The molecule has 0 amide bonds. The molecule has 0 radical (unpaired) electrons. The molecule has 0 aromatic heterocycles. The zero-order valence-corrected chi connectivity index (χ0v) is 19.7. The number of hydrogen-bond acceptors (Lipinski definition) is 5. The Hall–Kier alpha value is -3.86. The second kappa shape index (κ2) is 11.7. The van der Waals surface area contributed by atoms with Gasteiger partial charge in [0.25, 0.3) is 0 Å². The number of nitrogens with zero attached hydrogens (tertiary/aromatic N) is 1. The summed E-state index contributed by atoms with van der Waals surface area (Å²) in [4.78, 5) is 17.9. The van der Waals surface area contributed by atoms with Crippen LogP contribution in [0.25, 0.3) is 0 Å². The van der Waals surface area contributed by atoms with Crippen molar-refractivity contribution in [1.29, 1.82) is 0 Å². The van der Waals surface area contributed by atoms with E-state index >= 15 is 0 Å². The summed E-state index contributed by atoms with van der Waals surface area (Å²) in [6.07, 6.45) is 2.79. The average molecular weight is 442 g/mol. The van der Waals surface area contributed by atoms with Crippen molar-refractivity contribution in [3.8, 4) is 5.75 Å². The summed E-state index contributed by atoms with van der Waals surface area (Å²) < 4.78 is 5.42. The molecule has 0 bridgehead atoms. The van der Waals surface area contributed by atoms with E-state index < -0.39 is 0 Å². The Labute approximate surface area is 196 Å². The third kappa shape index (κ3) is 6.32. The van der Waals surface area contributed by atoms with Gasteiger partial charge in [-0.2, -0.15) is 0 Å². The third-order valence-corrected chi connectivity index (χ3v) is 5.27. The van der Waals surface area contributed by atoms with E-state index in [4.69, 9.17) is 4.74 Å². The molecule has 0 aliphatic heterocycles. The Bertz CT molecular complexity index is 1120. The van der Waals surface area contributed by atoms with Crippen LogP contribution in [0.4, 0.5) is 17.1 Å². The highest BCUT2D eigenvalue weighted by molar-refractivity contribution is 6.15. The molecule has 2 N–H and O–H groups in total. The van der Waals surface area contributed by atoms with Gasteiger partial charge in [0.2, 0.25) is 0 Å². The second-order valence-electron chi connectivity index (χ2n) is 7.77. The highest BCUT2D eigenvalue weighted by Gasteiger charge is 2.16. The summed E-state index contributed by atoms with van der Waals surface area (Å²) in [5.41, 5.74) is 5.13. The molecule has 0 fully saturated rings. The van der Waals surface area contributed by atoms with Gasteiger partial charge in [0.1, 0.15) is 17.3 Å². The molecule has 0 atom stereocenters. The molecular formula is C28H31N3O2. The number of ketones is 1.